The first-order valence-corrected chi connectivity index (χ1v) is 24.8. The Balaban J connectivity index is 2.08. The van der Waals surface area contributed by atoms with Crippen LogP contribution in [-0.4, -0.2) is 36.1 Å². The summed E-state index contributed by atoms with van der Waals surface area (Å²) in [5.74, 6) is 1.67. The third kappa shape index (κ3) is 7.19. The van der Waals surface area contributed by atoms with E-state index in [-0.39, 0.29) is 12.6 Å². The van der Waals surface area contributed by atoms with E-state index in [9.17, 15) is 0 Å². The molecule has 0 spiro atoms. The number of benzene rings is 2. The van der Waals surface area contributed by atoms with E-state index in [0.717, 1.165) is 11.5 Å². The van der Waals surface area contributed by atoms with E-state index >= 15 is 0 Å². The van der Waals surface area contributed by atoms with Crippen LogP contribution in [0.4, 0.5) is 0 Å². The first kappa shape index (κ1) is 23.5. The molecule has 2 aromatic carbocycles. The minimum atomic E-state index is -2.45. The molecular formula is C20H26I2O4Te. The van der Waals surface area contributed by atoms with Crippen molar-refractivity contribution in [3.63, 3.8) is 0 Å². The van der Waals surface area contributed by atoms with Crippen molar-refractivity contribution in [2.75, 3.05) is 13.2 Å². The molecule has 2 rings (SSSR count). The molecule has 0 radical (unpaired) electrons. The van der Waals surface area contributed by atoms with Gasteiger partial charge in [-0.1, -0.05) is 0 Å². The zero-order chi connectivity index (χ0) is 19.9. The first-order valence-electron chi connectivity index (χ1n) is 8.86. The van der Waals surface area contributed by atoms with Gasteiger partial charge < -0.3 is 0 Å². The number of ether oxygens (including phenoxy) is 4. The van der Waals surface area contributed by atoms with Gasteiger partial charge in [-0.25, -0.2) is 0 Å². The van der Waals surface area contributed by atoms with E-state index in [2.05, 4.69) is 61.7 Å². The molecule has 0 bridgehead atoms. The third-order valence-electron chi connectivity index (χ3n) is 3.65. The van der Waals surface area contributed by atoms with E-state index in [1.54, 1.807) is 0 Å². The monoisotopic (exact) mass is 714 g/mol. The van der Waals surface area contributed by atoms with Gasteiger partial charge >= 0.3 is 187 Å². The van der Waals surface area contributed by atoms with Crippen LogP contribution in [0.15, 0.2) is 48.5 Å². The summed E-state index contributed by atoms with van der Waals surface area (Å²) in [4.78, 5) is 0. The SMILES string of the molecule is CCOC(C)Oc1ccc([Te](I)(I)c2ccc(OC(C)OCC)cc2)cc1. The fourth-order valence-corrected chi connectivity index (χ4v) is 13.8. The zero-order valence-corrected chi connectivity index (χ0v) is 22.6. The molecule has 2 atom stereocenters. The molecule has 0 aliphatic heterocycles. The molecule has 0 saturated heterocycles. The van der Waals surface area contributed by atoms with Crippen LogP contribution >= 0.6 is 37.4 Å². The van der Waals surface area contributed by atoms with E-state index in [1.807, 2.05) is 52.0 Å². The maximum atomic E-state index is 5.77. The van der Waals surface area contributed by atoms with Gasteiger partial charge in [-0.2, -0.15) is 0 Å². The van der Waals surface area contributed by atoms with Gasteiger partial charge in [-0.3, -0.25) is 0 Å². The summed E-state index contributed by atoms with van der Waals surface area (Å²) in [6.45, 7) is 9.03. The predicted molar refractivity (Wildman–Crippen MR) is 129 cm³/mol. The molecule has 150 valence electrons. The Bertz CT molecular complexity index is 633. The van der Waals surface area contributed by atoms with Crippen LogP contribution in [0.3, 0.4) is 0 Å². The van der Waals surface area contributed by atoms with Crippen LogP contribution < -0.4 is 16.7 Å². The van der Waals surface area contributed by atoms with Crippen molar-refractivity contribution in [3.8, 4) is 11.5 Å². The molecule has 0 amide bonds. The fourth-order valence-electron chi connectivity index (χ4n) is 2.44. The molecule has 2 aromatic rings. The number of rotatable bonds is 10. The second-order valence-corrected chi connectivity index (χ2v) is 40.1. The molecule has 0 heterocycles. The van der Waals surface area contributed by atoms with E-state index in [4.69, 9.17) is 18.9 Å². The molecule has 0 fully saturated rings. The minimum absolute atomic E-state index is 0.238. The second-order valence-electron chi connectivity index (χ2n) is 5.69. The molecule has 0 aliphatic carbocycles. The summed E-state index contributed by atoms with van der Waals surface area (Å²) in [7, 11) is -2.45. The summed E-state index contributed by atoms with van der Waals surface area (Å²) in [5.41, 5.74) is 0. The Kier molecular flexibility index (Phi) is 9.93. The van der Waals surface area contributed by atoms with Gasteiger partial charge in [0.1, 0.15) is 0 Å². The Morgan fingerprint density at radius 2 is 1.04 bits per heavy atom. The van der Waals surface area contributed by atoms with Crippen LogP contribution in [0.5, 0.6) is 11.5 Å². The average molecular weight is 712 g/mol. The van der Waals surface area contributed by atoms with Crippen LogP contribution in [-0.2, 0) is 9.47 Å². The van der Waals surface area contributed by atoms with Gasteiger partial charge in [0.25, 0.3) is 0 Å². The van der Waals surface area contributed by atoms with E-state index in [0.29, 0.717) is 13.2 Å². The van der Waals surface area contributed by atoms with E-state index in [1.165, 1.54) is 7.22 Å². The molecule has 0 aromatic heterocycles. The van der Waals surface area contributed by atoms with Crippen molar-refractivity contribution in [1.82, 2.24) is 0 Å². The van der Waals surface area contributed by atoms with E-state index < -0.39 is 10.3 Å². The Hall–Kier alpha value is 0.210. The second kappa shape index (κ2) is 11.4. The van der Waals surface area contributed by atoms with Gasteiger partial charge in [-0.05, 0) is 0 Å². The first-order chi connectivity index (χ1) is 12.9. The number of hydrogen-bond acceptors (Lipinski definition) is 4. The van der Waals surface area contributed by atoms with Gasteiger partial charge in [0.2, 0.25) is 0 Å². The predicted octanol–water partition coefficient (Wildman–Crippen LogP) is 4.64. The Labute approximate surface area is 185 Å². The maximum absolute atomic E-state index is 5.77. The van der Waals surface area contributed by atoms with Gasteiger partial charge in [0.15, 0.2) is 0 Å². The number of hydrogen-bond donors (Lipinski definition) is 0. The van der Waals surface area contributed by atoms with Gasteiger partial charge in [0.05, 0.1) is 0 Å². The normalized spacial score (nSPS) is 14.4. The molecular weight excluding hydrogens is 686 g/mol. The molecule has 7 heteroatoms. The number of halogens is 2. The summed E-state index contributed by atoms with van der Waals surface area (Å²) in [5, 5.41) is 0. The van der Waals surface area contributed by atoms with Crippen molar-refractivity contribution in [2.24, 2.45) is 0 Å². The Morgan fingerprint density at radius 1 is 0.704 bits per heavy atom. The van der Waals surface area contributed by atoms with Crippen molar-refractivity contribution < 1.29 is 18.9 Å². The summed E-state index contributed by atoms with van der Waals surface area (Å²) in [6.07, 6.45) is -0.476. The molecule has 27 heavy (non-hydrogen) atoms. The zero-order valence-electron chi connectivity index (χ0n) is 16.0. The van der Waals surface area contributed by atoms with Crippen molar-refractivity contribution in [3.05, 3.63) is 48.5 Å². The standard InChI is InChI=1S/C20H26I2O4Te/c1-5-23-15(3)25-17-7-11-19(12-8-17)27(21,22)20-13-9-18(10-14-20)26-16(4)24-6-2/h7-16H,5-6H2,1-4H3. The van der Waals surface area contributed by atoms with Gasteiger partial charge in [0, 0.05) is 0 Å². The van der Waals surface area contributed by atoms with Gasteiger partial charge in [-0.15, -0.1) is 0 Å². The summed E-state index contributed by atoms with van der Waals surface area (Å²) >= 11 is 5.31. The average Bonchev–Trinajstić information content (AvgIpc) is 2.63. The van der Waals surface area contributed by atoms with Crippen LogP contribution in [0, 0.1) is 0 Å². The molecule has 0 N–H and O–H groups in total. The third-order valence-corrected chi connectivity index (χ3v) is 22.2. The van der Waals surface area contributed by atoms with Crippen LogP contribution in [0.1, 0.15) is 27.7 Å². The quantitative estimate of drug-likeness (QED) is 0.205. The molecule has 2 unspecified atom stereocenters. The molecule has 4 nitrogen and oxygen atoms in total. The van der Waals surface area contributed by atoms with Crippen molar-refractivity contribution >= 4 is 54.9 Å². The summed E-state index contributed by atoms with van der Waals surface area (Å²) < 4.78 is 25.2. The topological polar surface area (TPSA) is 36.9 Å². The summed E-state index contributed by atoms with van der Waals surface area (Å²) in [6, 6.07) is 16.8. The van der Waals surface area contributed by atoms with Crippen LogP contribution in [0.2, 0.25) is 0 Å². The van der Waals surface area contributed by atoms with Crippen LogP contribution in [0.25, 0.3) is 0 Å². The van der Waals surface area contributed by atoms with Crippen molar-refractivity contribution in [1.29, 1.82) is 0 Å². The van der Waals surface area contributed by atoms with Crippen molar-refractivity contribution in [2.45, 2.75) is 40.3 Å². The Morgan fingerprint density at radius 3 is 1.33 bits per heavy atom. The fraction of sp³-hybridized carbons (Fsp3) is 0.400. The molecule has 0 aliphatic rings. The molecule has 0 saturated carbocycles.